The standard InChI is InChI=1S/C19H13ClF3NO4S2/c20-18-12-11-14(13-17(18)19(21,22)23)24(29(25,26)15-7-3-1-4-8-15)30(27,28)16-9-5-2-6-10-16/h1-13H. The summed E-state index contributed by atoms with van der Waals surface area (Å²) in [6.45, 7) is 0. The van der Waals surface area contributed by atoms with Crippen LogP contribution in [0.2, 0.25) is 5.02 Å². The van der Waals surface area contributed by atoms with Gasteiger partial charge in [0, 0.05) is 0 Å². The minimum atomic E-state index is -4.92. The molecule has 0 unspecified atom stereocenters. The quantitative estimate of drug-likeness (QED) is 0.524. The summed E-state index contributed by atoms with van der Waals surface area (Å²) in [4.78, 5) is -0.818. The van der Waals surface area contributed by atoms with E-state index in [-0.39, 0.29) is 3.71 Å². The lowest BCUT2D eigenvalue weighted by Gasteiger charge is -2.25. The molecular weight excluding hydrogens is 463 g/mol. The average Bonchev–Trinajstić information content (AvgIpc) is 2.69. The van der Waals surface area contributed by atoms with Gasteiger partial charge < -0.3 is 0 Å². The number of nitrogens with zero attached hydrogens (tertiary/aromatic N) is 1. The van der Waals surface area contributed by atoms with Crippen molar-refractivity contribution in [3.05, 3.63) is 89.4 Å². The second kappa shape index (κ2) is 7.93. The maximum absolute atomic E-state index is 13.3. The van der Waals surface area contributed by atoms with Gasteiger partial charge in [0.1, 0.15) is 0 Å². The monoisotopic (exact) mass is 475 g/mol. The highest BCUT2D eigenvalue weighted by molar-refractivity contribution is 8.10. The summed E-state index contributed by atoms with van der Waals surface area (Å²) in [7, 11) is -9.60. The van der Waals surface area contributed by atoms with Crippen molar-refractivity contribution in [2.24, 2.45) is 0 Å². The van der Waals surface area contributed by atoms with Gasteiger partial charge in [-0.2, -0.15) is 16.9 Å². The normalized spacial score (nSPS) is 12.5. The molecule has 0 aliphatic rings. The molecule has 0 atom stereocenters. The van der Waals surface area contributed by atoms with E-state index in [1.54, 1.807) is 0 Å². The van der Waals surface area contributed by atoms with Crippen LogP contribution < -0.4 is 3.71 Å². The highest BCUT2D eigenvalue weighted by atomic mass is 35.5. The molecule has 3 aromatic rings. The first kappa shape index (κ1) is 22.1. The van der Waals surface area contributed by atoms with E-state index >= 15 is 0 Å². The molecule has 0 heterocycles. The van der Waals surface area contributed by atoms with Crippen LogP contribution in [0.4, 0.5) is 18.9 Å². The molecule has 0 amide bonds. The van der Waals surface area contributed by atoms with Gasteiger partial charge in [0.2, 0.25) is 0 Å². The van der Waals surface area contributed by atoms with Gasteiger partial charge in [0.25, 0.3) is 20.0 Å². The summed E-state index contributed by atoms with van der Waals surface area (Å²) in [6, 6.07) is 15.1. The van der Waals surface area contributed by atoms with Crippen molar-refractivity contribution < 1.29 is 30.0 Å². The van der Waals surface area contributed by atoms with Crippen LogP contribution in [-0.2, 0) is 26.2 Å². The van der Waals surface area contributed by atoms with E-state index in [1.807, 2.05) is 0 Å². The van der Waals surface area contributed by atoms with Gasteiger partial charge >= 0.3 is 6.18 Å². The molecule has 0 aromatic heterocycles. The zero-order chi connectivity index (χ0) is 22.2. The van der Waals surface area contributed by atoms with Crippen molar-refractivity contribution in [3.63, 3.8) is 0 Å². The number of hydrogen-bond acceptors (Lipinski definition) is 4. The van der Waals surface area contributed by atoms with Crippen LogP contribution in [0.1, 0.15) is 5.56 Å². The average molecular weight is 476 g/mol. The zero-order valence-electron chi connectivity index (χ0n) is 14.9. The number of rotatable bonds is 5. The van der Waals surface area contributed by atoms with Gasteiger partial charge in [0.15, 0.2) is 0 Å². The van der Waals surface area contributed by atoms with E-state index in [2.05, 4.69) is 0 Å². The first-order valence-corrected chi connectivity index (χ1v) is 11.5. The van der Waals surface area contributed by atoms with Crippen molar-refractivity contribution in [2.75, 3.05) is 3.71 Å². The maximum atomic E-state index is 13.3. The van der Waals surface area contributed by atoms with E-state index in [0.717, 1.165) is 36.4 Å². The van der Waals surface area contributed by atoms with Crippen molar-refractivity contribution in [2.45, 2.75) is 16.0 Å². The Labute approximate surface area is 176 Å². The molecule has 158 valence electrons. The Morgan fingerprint density at radius 3 is 1.53 bits per heavy atom. The number of anilines is 1. The number of halogens is 4. The van der Waals surface area contributed by atoms with E-state index in [9.17, 15) is 30.0 Å². The largest absolute Gasteiger partial charge is 0.417 e. The molecule has 0 radical (unpaired) electrons. The third-order valence-corrected chi connectivity index (χ3v) is 8.52. The van der Waals surface area contributed by atoms with Gasteiger partial charge in [0.05, 0.1) is 26.1 Å². The van der Waals surface area contributed by atoms with Gasteiger partial charge in [-0.3, -0.25) is 0 Å². The molecule has 0 aliphatic carbocycles. The zero-order valence-corrected chi connectivity index (χ0v) is 17.3. The van der Waals surface area contributed by atoms with Crippen LogP contribution in [0.15, 0.2) is 88.7 Å². The van der Waals surface area contributed by atoms with Crippen molar-refractivity contribution in [1.82, 2.24) is 0 Å². The number of hydrogen-bond donors (Lipinski definition) is 0. The summed E-state index contributed by atoms with van der Waals surface area (Å²) in [5.41, 5.74) is -2.09. The van der Waals surface area contributed by atoms with Gasteiger partial charge in [-0.1, -0.05) is 48.0 Å². The third kappa shape index (κ3) is 4.16. The predicted molar refractivity (Wildman–Crippen MR) is 106 cm³/mol. The first-order chi connectivity index (χ1) is 14.0. The highest BCUT2D eigenvalue weighted by Crippen LogP contribution is 2.39. The van der Waals surface area contributed by atoms with Crippen LogP contribution in [0, 0.1) is 0 Å². The number of sulfonamides is 2. The lowest BCUT2D eigenvalue weighted by atomic mass is 10.2. The summed E-state index contributed by atoms with van der Waals surface area (Å²) in [6.07, 6.45) is -4.92. The second-order valence-corrected chi connectivity index (χ2v) is 10.2. The van der Waals surface area contributed by atoms with Crippen LogP contribution in [-0.4, -0.2) is 16.8 Å². The van der Waals surface area contributed by atoms with Crippen molar-refractivity contribution >= 4 is 37.3 Å². The minimum Gasteiger partial charge on any atom is -0.200 e. The topological polar surface area (TPSA) is 71.5 Å². The maximum Gasteiger partial charge on any atom is 0.417 e. The molecule has 11 heteroatoms. The smallest absolute Gasteiger partial charge is 0.200 e. The summed E-state index contributed by atoms with van der Waals surface area (Å²) >= 11 is 5.61. The van der Waals surface area contributed by atoms with Crippen LogP contribution in [0.25, 0.3) is 0 Å². The molecule has 0 bridgehead atoms. The van der Waals surface area contributed by atoms with E-state index in [0.29, 0.717) is 6.07 Å². The Balaban J connectivity index is 2.33. The summed E-state index contributed by atoms with van der Waals surface area (Å²) < 4.78 is 92.9. The Morgan fingerprint density at radius 1 is 0.700 bits per heavy atom. The van der Waals surface area contributed by atoms with E-state index in [1.165, 1.54) is 36.4 Å². The van der Waals surface area contributed by atoms with E-state index in [4.69, 9.17) is 11.6 Å². The lowest BCUT2D eigenvalue weighted by molar-refractivity contribution is -0.137. The summed E-state index contributed by atoms with van der Waals surface area (Å²) in [5.74, 6) is 0. The molecule has 0 aliphatic heterocycles. The first-order valence-electron chi connectivity index (χ1n) is 8.23. The molecule has 0 saturated carbocycles. The Bertz CT molecular complexity index is 1190. The van der Waals surface area contributed by atoms with Crippen LogP contribution in [0.5, 0.6) is 0 Å². The molecule has 0 fully saturated rings. The minimum absolute atomic E-state index is 0.0176. The molecule has 3 aromatic carbocycles. The molecular formula is C19H13ClF3NO4S2. The number of benzene rings is 3. The van der Waals surface area contributed by atoms with Gasteiger partial charge in [-0.25, -0.2) is 16.8 Å². The molecule has 30 heavy (non-hydrogen) atoms. The Kier molecular flexibility index (Phi) is 5.85. The molecule has 3 rings (SSSR count). The van der Waals surface area contributed by atoms with Gasteiger partial charge in [-0.15, -0.1) is 0 Å². The molecule has 0 spiro atoms. The third-order valence-electron chi connectivity index (χ3n) is 3.98. The fraction of sp³-hybridized carbons (Fsp3) is 0.0526. The molecule has 5 nitrogen and oxygen atoms in total. The van der Waals surface area contributed by atoms with Crippen molar-refractivity contribution in [3.8, 4) is 0 Å². The predicted octanol–water partition coefficient (Wildman–Crippen LogP) is 4.94. The van der Waals surface area contributed by atoms with E-state index < -0.39 is 52.3 Å². The Hall–Kier alpha value is -2.56. The summed E-state index contributed by atoms with van der Waals surface area (Å²) in [5, 5.41) is -0.694. The van der Waals surface area contributed by atoms with Crippen LogP contribution >= 0.6 is 11.6 Å². The highest BCUT2D eigenvalue weighted by Gasteiger charge is 2.39. The Morgan fingerprint density at radius 2 is 1.13 bits per heavy atom. The fourth-order valence-corrected chi connectivity index (χ4v) is 6.57. The number of alkyl halides is 3. The molecule has 0 saturated heterocycles. The lowest BCUT2D eigenvalue weighted by Crippen LogP contribution is -2.37. The van der Waals surface area contributed by atoms with Crippen LogP contribution in [0.3, 0.4) is 0 Å². The molecule has 0 N–H and O–H groups in total. The fourth-order valence-electron chi connectivity index (χ4n) is 2.63. The second-order valence-electron chi connectivity index (χ2n) is 6.00. The SMILES string of the molecule is O=S(=O)(c1ccccc1)N(c1ccc(Cl)c(C(F)(F)F)c1)S(=O)(=O)c1ccccc1. The van der Waals surface area contributed by atoms with Gasteiger partial charge in [-0.05, 0) is 42.5 Å². The van der Waals surface area contributed by atoms with Crippen molar-refractivity contribution in [1.29, 1.82) is 0 Å².